The predicted octanol–water partition coefficient (Wildman–Crippen LogP) is 3.66. The van der Waals surface area contributed by atoms with E-state index in [0.717, 1.165) is 12.8 Å². The molecule has 2 amide bonds. The zero-order chi connectivity index (χ0) is 19.6. The summed E-state index contributed by atoms with van der Waals surface area (Å²) in [5.74, 6) is 0.621. The number of nitrogens with zero attached hydrogens (tertiary/aromatic N) is 1. The first kappa shape index (κ1) is 18.7. The maximum absolute atomic E-state index is 12.9. The third kappa shape index (κ3) is 3.68. The average molecular weight is 377 g/mol. The van der Waals surface area contributed by atoms with Crippen LogP contribution in [0.4, 0.5) is 0 Å². The Balaban J connectivity index is 1.59. The van der Waals surface area contributed by atoms with E-state index < -0.39 is 5.41 Å². The smallest absolute Gasteiger partial charge is 0.226 e. The second-order valence-electron chi connectivity index (χ2n) is 8.16. The third-order valence-corrected chi connectivity index (χ3v) is 6.30. The van der Waals surface area contributed by atoms with E-state index in [1.54, 1.807) is 7.05 Å². The molecule has 1 saturated carbocycles. The standard InChI is InChI=1S/C24H28N2O2/c1-25-23(28)24(13-15-26(16-14-24)22(27)19-11-12-19)17-20-9-5-6-10-21(20)18-7-3-2-4-8-18/h2-10,19H,11-17H2,1H3,(H,25,28). The SMILES string of the molecule is CNC(=O)C1(Cc2ccccc2-c2ccccc2)CCN(C(=O)C2CC2)CC1. The quantitative estimate of drug-likeness (QED) is 0.866. The average Bonchev–Trinajstić information content (AvgIpc) is 3.59. The van der Waals surface area contributed by atoms with Gasteiger partial charge < -0.3 is 10.2 Å². The number of likely N-dealkylation sites (tertiary alicyclic amines) is 1. The number of amides is 2. The van der Waals surface area contributed by atoms with Crippen molar-refractivity contribution in [3.05, 3.63) is 60.2 Å². The molecule has 2 aliphatic rings. The second kappa shape index (κ2) is 7.78. The molecule has 0 aromatic heterocycles. The van der Waals surface area contributed by atoms with Crippen molar-refractivity contribution < 1.29 is 9.59 Å². The van der Waals surface area contributed by atoms with Crippen LogP contribution in [0.5, 0.6) is 0 Å². The van der Waals surface area contributed by atoms with Gasteiger partial charge in [-0.1, -0.05) is 54.6 Å². The molecule has 1 saturated heterocycles. The fourth-order valence-electron chi connectivity index (χ4n) is 4.43. The number of benzene rings is 2. The van der Waals surface area contributed by atoms with Crippen molar-refractivity contribution in [2.75, 3.05) is 20.1 Å². The lowest BCUT2D eigenvalue weighted by Crippen LogP contribution is -2.51. The molecule has 2 aromatic rings. The molecule has 0 spiro atoms. The van der Waals surface area contributed by atoms with Gasteiger partial charge in [0.05, 0.1) is 5.41 Å². The number of hydrogen-bond donors (Lipinski definition) is 1. The van der Waals surface area contributed by atoms with E-state index in [0.29, 0.717) is 32.4 Å². The Morgan fingerprint density at radius 3 is 2.29 bits per heavy atom. The second-order valence-corrected chi connectivity index (χ2v) is 8.16. The van der Waals surface area contributed by atoms with Gasteiger partial charge in [-0.3, -0.25) is 9.59 Å². The van der Waals surface area contributed by atoms with Crippen molar-refractivity contribution in [2.45, 2.75) is 32.1 Å². The van der Waals surface area contributed by atoms with Crippen LogP contribution < -0.4 is 5.32 Å². The highest BCUT2D eigenvalue weighted by Crippen LogP contribution is 2.40. The largest absolute Gasteiger partial charge is 0.359 e. The number of piperidine rings is 1. The Morgan fingerprint density at radius 1 is 1.00 bits per heavy atom. The minimum atomic E-state index is -0.458. The zero-order valence-electron chi connectivity index (χ0n) is 16.5. The summed E-state index contributed by atoms with van der Waals surface area (Å²) in [6.45, 7) is 1.35. The Labute approximate surface area is 166 Å². The van der Waals surface area contributed by atoms with Crippen LogP contribution in [0.1, 0.15) is 31.2 Å². The zero-order valence-corrected chi connectivity index (χ0v) is 16.5. The van der Waals surface area contributed by atoms with Gasteiger partial charge in [0.15, 0.2) is 0 Å². The fraction of sp³-hybridized carbons (Fsp3) is 0.417. The number of rotatable bonds is 5. The normalized spacial score (nSPS) is 18.5. The third-order valence-electron chi connectivity index (χ3n) is 6.30. The molecule has 1 heterocycles. The summed E-state index contributed by atoms with van der Waals surface area (Å²) in [6, 6.07) is 18.7. The highest BCUT2D eigenvalue weighted by molar-refractivity contribution is 5.85. The molecular formula is C24H28N2O2. The van der Waals surface area contributed by atoms with Crippen LogP contribution in [0.2, 0.25) is 0 Å². The van der Waals surface area contributed by atoms with E-state index in [1.165, 1.54) is 16.7 Å². The molecule has 2 aromatic carbocycles. The Hall–Kier alpha value is -2.62. The summed E-state index contributed by atoms with van der Waals surface area (Å²) >= 11 is 0. The lowest BCUT2D eigenvalue weighted by Gasteiger charge is -2.41. The van der Waals surface area contributed by atoms with Crippen LogP contribution in [-0.2, 0) is 16.0 Å². The Morgan fingerprint density at radius 2 is 1.64 bits per heavy atom. The first-order valence-corrected chi connectivity index (χ1v) is 10.3. The molecule has 4 heteroatoms. The first-order valence-electron chi connectivity index (χ1n) is 10.3. The highest BCUT2D eigenvalue weighted by Gasteiger charge is 2.44. The number of carbonyl (C=O) groups excluding carboxylic acids is 2. The summed E-state index contributed by atoms with van der Waals surface area (Å²) in [5.41, 5.74) is 3.09. The van der Waals surface area contributed by atoms with Crippen molar-refractivity contribution >= 4 is 11.8 Å². The molecule has 2 fully saturated rings. The van der Waals surface area contributed by atoms with E-state index in [4.69, 9.17) is 0 Å². The van der Waals surface area contributed by atoms with Crippen molar-refractivity contribution in [2.24, 2.45) is 11.3 Å². The van der Waals surface area contributed by atoms with Crippen LogP contribution in [0.3, 0.4) is 0 Å². The molecular weight excluding hydrogens is 348 g/mol. The predicted molar refractivity (Wildman–Crippen MR) is 111 cm³/mol. The van der Waals surface area contributed by atoms with Crippen molar-refractivity contribution in [3.8, 4) is 11.1 Å². The molecule has 0 unspecified atom stereocenters. The van der Waals surface area contributed by atoms with Gasteiger partial charge >= 0.3 is 0 Å². The van der Waals surface area contributed by atoms with E-state index in [1.807, 2.05) is 29.2 Å². The maximum Gasteiger partial charge on any atom is 0.226 e. The summed E-state index contributed by atoms with van der Waals surface area (Å²) in [6.07, 6.45) is 4.19. The molecule has 0 atom stereocenters. The van der Waals surface area contributed by atoms with Gasteiger partial charge in [-0.15, -0.1) is 0 Å². The monoisotopic (exact) mass is 376 g/mol. The van der Waals surface area contributed by atoms with Crippen molar-refractivity contribution in [3.63, 3.8) is 0 Å². The number of nitrogens with one attached hydrogen (secondary N) is 1. The highest BCUT2D eigenvalue weighted by atomic mass is 16.2. The van der Waals surface area contributed by atoms with Crippen LogP contribution in [0.15, 0.2) is 54.6 Å². The van der Waals surface area contributed by atoms with Crippen LogP contribution in [0, 0.1) is 11.3 Å². The summed E-state index contributed by atoms with van der Waals surface area (Å²) in [5, 5.41) is 2.89. The van der Waals surface area contributed by atoms with Gasteiger partial charge in [-0.25, -0.2) is 0 Å². The van der Waals surface area contributed by atoms with E-state index in [2.05, 4.69) is 35.6 Å². The van der Waals surface area contributed by atoms with Crippen molar-refractivity contribution in [1.82, 2.24) is 10.2 Å². The molecule has 1 N–H and O–H groups in total. The van der Waals surface area contributed by atoms with Gasteiger partial charge in [0.2, 0.25) is 11.8 Å². The van der Waals surface area contributed by atoms with Crippen LogP contribution in [0.25, 0.3) is 11.1 Å². The van der Waals surface area contributed by atoms with Crippen LogP contribution in [-0.4, -0.2) is 36.9 Å². The molecule has 28 heavy (non-hydrogen) atoms. The molecule has 4 rings (SSSR count). The minimum absolute atomic E-state index is 0.0916. The first-order chi connectivity index (χ1) is 13.6. The van der Waals surface area contributed by atoms with Gasteiger partial charge in [-0.05, 0) is 48.8 Å². The molecule has 146 valence electrons. The summed E-state index contributed by atoms with van der Waals surface area (Å²) in [7, 11) is 1.72. The van der Waals surface area contributed by atoms with Crippen molar-refractivity contribution in [1.29, 1.82) is 0 Å². The lowest BCUT2D eigenvalue weighted by atomic mass is 9.72. The number of hydrogen-bond acceptors (Lipinski definition) is 2. The minimum Gasteiger partial charge on any atom is -0.359 e. The molecule has 1 aliphatic carbocycles. The van der Waals surface area contributed by atoms with Gasteiger partial charge in [0, 0.05) is 26.1 Å². The van der Waals surface area contributed by atoms with Gasteiger partial charge in [0.25, 0.3) is 0 Å². The van der Waals surface area contributed by atoms with Gasteiger partial charge in [0.1, 0.15) is 0 Å². The Bertz CT molecular complexity index is 850. The molecule has 4 nitrogen and oxygen atoms in total. The Kier molecular flexibility index (Phi) is 5.21. The van der Waals surface area contributed by atoms with Crippen LogP contribution >= 0.6 is 0 Å². The topological polar surface area (TPSA) is 49.4 Å². The lowest BCUT2D eigenvalue weighted by molar-refractivity contribution is -0.141. The number of carbonyl (C=O) groups is 2. The van der Waals surface area contributed by atoms with E-state index in [9.17, 15) is 9.59 Å². The molecule has 0 radical (unpaired) electrons. The van der Waals surface area contributed by atoms with E-state index in [-0.39, 0.29) is 17.7 Å². The van der Waals surface area contributed by atoms with E-state index >= 15 is 0 Å². The molecule has 1 aliphatic heterocycles. The van der Waals surface area contributed by atoms with Gasteiger partial charge in [-0.2, -0.15) is 0 Å². The molecule has 0 bridgehead atoms. The summed E-state index contributed by atoms with van der Waals surface area (Å²) in [4.78, 5) is 27.4. The fourth-order valence-corrected chi connectivity index (χ4v) is 4.43. The summed E-state index contributed by atoms with van der Waals surface area (Å²) < 4.78 is 0. The maximum atomic E-state index is 12.9.